The lowest BCUT2D eigenvalue weighted by Crippen LogP contribution is -2.41. The van der Waals surface area contributed by atoms with Crippen LogP contribution in [0.15, 0.2) is 132 Å². The number of hydrogen-bond acceptors (Lipinski definition) is 9. The lowest BCUT2D eigenvalue weighted by molar-refractivity contribution is -0.245. The van der Waals surface area contributed by atoms with Gasteiger partial charge in [0.2, 0.25) is 5.91 Å². The third kappa shape index (κ3) is 9.26. The van der Waals surface area contributed by atoms with Gasteiger partial charge in [-0.2, -0.15) is 0 Å². The molecule has 10 nitrogen and oxygen atoms in total. The fraction of sp³-hybridized carbons (Fsp3) is 0.250. The first kappa shape index (κ1) is 37.8. The molecule has 55 heavy (non-hydrogen) atoms. The highest BCUT2D eigenvalue weighted by atomic mass is 32.2. The minimum Gasteiger partial charge on any atom is -0.496 e. The first-order chi connectivity index (χ1) is 26.9. The number of carbonyl (C=O) groups is 3. The molecule has 2 fully saturated rings. The number of rotatable bonds is 13. The molecule has 4 atom stereocenters. The Labute approximate surface area is 324 Å². The molecule has 282 valence electrons. The smallest absolute Gasteiger partial charge is 0.408 e. The quantitative estimate of drug-likeness (QED) is 0.0917. The van der Waals surface area contributed by atoms with Crippen molar-refractivity contribution in [1.29, 1.82) is 0 Å². The summed E-state index contributed by atoms with van der Waals surface area (Å²) >= 11 is 1.68. The van der Waals surface area contributed by atoms with Gasteiger partial charge in [0.05, 0.1) is 38.9 Å². The Bertz CT molecular complexity index is 2090. The molecule has 1 unspecified atom stereocenters. The monoisotopic (exact) mass is 758 g/mol. The largest absolute Gasteiger partial charge is 0.496 e. The van der Waals surface area contributed by atoms with Gasteiger partial charge < -0.3 is 29.4 Å². The van der Waals surface area contributed by atoms with E-state index in [-0.39, 0.29) is 44.3 Å². The second-order valence-electron chi connectivity index (χ2n) is 13.4. The standard InChI is InChI=1S/C44H42N2O8S/c1-51-38-13-7-8-14-40(38)55-28-35-23-39(32-17-15-29(26-47)16-18-32)54-43(53-35)33-21-19-31(20-22-33)36-12-6-5-11-34(36)25-46-41(48)24-37(42(46)49)45-44(50)52-27-30-9-3-2-4-10-30/h2-22,35,37,39,43,47H,23-28H2,1H3,(H,45,50)/t35-,37?,39+,43+/m0/s1. The number of ether oxygens (including phenoxy) is 4. The van der Waals surface area contributed by atoms with E-state index in [1.165, 1.54) is 4.90 Å². The summed E-state index contributed by atoms with van der Waals surface area (Å²) in [4.78, 5) is 41.1. The maximum Gasteiger partial charge on any atom is 0.408 e. The van der Waals surface area contributed by atoms with Crippen LogP contribution in [-0.2, 0) is 43.6 Å². The number of amides is 3. The Hall–Kier alpha value is -5.46. The van der Waals surface area contributed by atoms with E-state index in [4.69, 9.17) is 18.9 Å². The average molecular weight is 759 g/mol. The Morgan fingerprint density at radius 2 is 1.55 bits per heavy atom. The van der Waals surface area contributed by atoms with Gasteiger partial charge in [0.1, 0.15) is 18.4 Å². The minimum absolute atomic E-state index is 0.0282. The zero-order chi connectivity index (χ0) is 38.1. The average Bonchev–Trinajstić information content (AvgIpc) is 3.49. The summed E-state index contributed by atoms with van der Waals surface area (Å²) < 4.78 is 24.0. The number of carbonyl (C=O) groups excluding carboxylic acids is 3. The van der Waals surface area contributed by atoms with Crippen molar-refractivity contribution in [3.05, 3.63) is 155 Å². The summed E-state index contributed by atoms with van der Waals surface area (Å²) in [6, 6.07) is 39.5. The number of likely N-dealkylation sites (tertiary alicyclic amines) is 1. The van der Waals surface area contributed by atoms with E-state index in [9.17, 15) is 19.5 Å². The van der Waals surface area contributed by atoms with Gasteiger partial charge in [0.15, 0.2) is 6.29 Å². The highest BCUT2D eigenvalue weighted by Gasteiger charge is 2.40. The molecule has 7 rings (SSSR count). The van der Waals surface area contributed by atoms with Crippen molar-refractivity contribution in [1.82, 2.24) is 10.2 Å². The van der Waals surface area contributed by atoms with Crippen LogP contribution in [0.4, 0.5) is 4.79 Å². The Morgan fingerprint density at radius 3 is 2.31 bits per heavy atom. The highest BCUT2D eigenvalue weighted by molar-refractivity contribution is 7.99. The molecule has 0 saturated carbocycles. The molecule has 5 aromatic rings. The van der Waals surface area contributed by atoms with Gasteiger partial charge in [0.25, 0.3) is 5.91 Å². The van der Waals surface area contributed by atoms with Gasteiger partial charge in [-0.1, -0.05) is 115 Å². The van der Waals surface area contributed by atoms with Crippen molar-refractivity contribution < 1.29 is 38.4 Å². The molecule has 11 heteroatoms. The summed E-state index contributed by atoms with van der Waals surface area (Å²) in [5.74, 6) is 0.666. The Kier molecular flexibility index (Phi) is 12.2. The lowest BCUT2D eigenvalue weighted by atomic mass is 9.97. The van der Waals surface area contributed by atoms with Crippen LogP contribution in [-0.4, -0.2) is 52.9 Å². The SMILES string of the molecule is COc1ccccc1SC[C@@H]1C[C@H](c2ccc(CO)cc2)O[C@H](c2ccc(-c3ccccc3CN3C(=O)CC(NC(=O)OCc4ccccc4)C3=O)cc2)O1. The van der Waals surface area contributed by atoms with E-state index in [2.05, 4.69) is 5.32 Å². The third-order valence-electron chi connectivity index (χ3n) is 9.70. The van der Waals surface area contributed by atoms with Crippen LogP contribution in [0.1, 0.15) is 53.1 Å². The minimum atomic E-state index is -0.994. The van der Waals surface area contributed by atoms with Crippen LogP contribution in [0.5, 0.6) is 5.75 Å². The number of aliphatic hydroxyl groups excluding tert-OH is 1. The van der Waals surface area contributed by atoms with Gasteiger partial charge in [-0.15, -0.1) is 11.8 Å². The Balaban J connectivity index is 1.04. The number of nitrogens with zero attached hydrogens (tertiary/aromatic N) is 1. The number of alkyl carbamates (subject to hydrolysis) is 1. The van der Waals surface area contributed by atoms with Crippen LogP contribution in [0.2, 0.25) is 0 Å². The number of benzene rings is 5. The van der Waals surface area contributed by atoms with E-state index in [1.807, 2.05) is 127 Å². The van der Waals surface area contributed by atoms with E-state index >= 15 is 0 Å². The van der Waals surface area contributed by atoms with E-state index in [0.29, 0.717) is 12.2 Å². The van der Waals surface area contributed by atoms with E-state index in [0.717, 1.165) is 49.6 Å². The van der Waals surface area contributed by atoms with Crippen LogP contribution < -0.4 is 10.1 Å². The number of thioether (sulfide) groups is 1. The van der Waals surface area contributed by atoms with Gasteiger partial charge in [0, 0.05) is 22.6 Å². The molecular formula is C44H42N2O8S. The topological polar surface area (TPSA) is 124 Å². The number of para-hydroxylation sites is 1. The summed E-state index contributed by atoms with van der Waals surface area (Å²) in [5, 5.41) is 12.1. The number of imide groups is 1. The highest BCUT2D eigenvalue weighted by Crippen LogP contribution is 2.41. The maximum atomic E-state index is 13.3. The Morgan fingerprint density at radius 1 is 0.836 bits per heavy atom. The van der Waals surface area contributed by atoms with Crippen LogP contribution in [0.3, 0.4) is 0 Å². The molecule has 2 aliphatic heterocycles. The number of aliphatic hydroxyl groups is 1. The zero-order valence-corrected chi connectivity index (χ0v) is 31.2. The second-order valence-corrected chi connectivity index (χ2v) is 14.4. The molecule has 0 spiro atoms. The summed E-state index contributed by atoms with van der Waals surface area (Å²) in [5.41, 5.74) is 6.06. The summed E-state index contributed by atoms with van der Waals surface area (Å²) in [7, 11) is 1.67. The zero-order valence-electron chi connectivity index (χ0n) is 30.3. The van der Waals surface area contributed by atoms with E-state index in [1.54, 1.807) is 18.9 Å². The predicted molar refractivity (Wildman–Crippen MR) is 208 cm³/mol. The fourth-order valence-corrected chi connectivity index (χ4v) is 7.79. The molecule has 2 aliphatic rings. The van der Waals surface area contributed by atoms with Gasteiger partial charge >= 0.3 is 6.09 Å². The number of hydrogen-bond donors (Lipinski definition) is 2. The number of nitrogens with one attached hydrogen (secondary N) is 1. The van der Waals surface area contributed by atoms with Crippen LogP contribution in [0.25, 0.3) is 11.1 Å². The predicted octanol–water partition coefficient (Wildman–Crippen LogP) is 7.75. The summed E-state index contributed by atoms with van der Waals surface area (Å²) in [6.45, 7) is 0.0866. The maximum absolute atomic E-state index is 13.3. The van der Waals surface area contributed by atoms with Gasteiger partial charge in [-0.3, -0.25) is 14.5 Å². The van der Waals surface area contributed by atoms with Gasteiger partial charge in [-0.25, -0.2) is 4.79 Å². The molecule has 3 amide bonds. The summed E-state index contributed by atoms with van der Waals surface area (Å²) in [6.07, 6.45) is -1.22. The van der Waals surface area contributed by atoms with Crippen molar-refractivity contribution in [2.24, 2.45) is 0 Å². The first-order valence-electron chi connectivity index (χ1n) is 18.1. The lowest BCUT2D eigenvalue weighted by Gasteiger charge is -2.36. The number of methoxy groups -OCH3 is 1. The molecule has 2 saturated heterocycles. The molecule has 5 aromatic carbocycles. The normalized spacial score (nSPS) is 19.6. The first-order valence-corrected chi connectivity index (χ1v) is 19.1. The molecule has 2 heterocycles. The fourth-order valence-electron chi connectivity index (χ4n) is 6.74. The van der Waals surface area contributed by atoms with Crippen molar-refractivity contribution >= 4 is 29.7 Å². The molecule has 2 N–H and O–H groups in total. The van der Waals surface area contributed by atoms with E-state index < -0.39 is 24.3 Å². The van der Waals surface area contributed by atoms with Crippen molar-refractivity contribution in [3.8, 4) is 16.9 Å². The molecule has 0 bridgehead atoms. The van der Waals surface area contributed by atoms with Crippen LogP contribution >= 0.6 is 11.8 Å². The molecule has 0 radical (unpaired) electrons. The van der Waals surface area contributed by atoms with Crippen molar-refractivity contribution in [3.63, 3.8) is 0 Å². The van der Waals surface area contributed by atoms with Crippen molar-refractivity contribution in [2.75, 3.05) is 12.9 Å². The second kappa shape index (κ2) is 17.8. The third-order valence-corrected chi connectivity index (χ3v) is 10.9. The molecule has 0 aromatic heterocycles. The molecular weight excluding hydrogens is 717 g/mol. The van der Waals surface area contributed by atoms with Crippen molar-refractivity contribution in [2.45, 2.75) is 62.0 Å². The molecule has 0 aliphatic carbocycles. The van der Waals surface area contributed by atoms with Crippen LogP contribution in [0, 0.1) is 0 Å². The van der Waals surface area contributed by atoms with Gasteiger partial charge in [-0.05, 0) is 45.5 Å².